The number of rotatable bonds is 6. The minimum Gasteiger partial charge on any atom is -0.497 e. The first-order chi connectivity index (χ1) is 15.4. The summed E-state index contributed by atoms with van der Waals surface area (Å²) < 4.78 is 10.8. The van der Waals surface area contributed by atoms with E-state index < -0.39 is 5.92 Å². The summed E-state index contributed by atoms with van der Waals surface area (Å²) in [4.78, 5) is 26.9. The Bertz CT molecular complexity index is 1110. The van der Waals surface area contributed by atoms with Crippen LogP contribution in [0.4, 0.5) is 5.69 Å². The van der Waals surface area contributed by atoms with Gasteiger partial charge in [0.25, 0.3) is 0 Å². The molecule has 0 unspecified atom stereocenters. The Hall–Kier alpha value is -3.60. The van der Waals surface area contributed by atoms with Gasteiger partial charge in [-0.3, -0.25) is 9.59 Å². The highest BCUT2D eigenvalue weighted by Gasteiger charge is 2.36. The number of ether oxygens (including phenoxy) is 2. The van der Waals surface area contributed by atoms with E-state index in [2.05, 4.69) is 26.0 Å². The van der Waals surface area contributed by atoms with Crippen LogP contribution in [-0.2, 0) is 15.0 Å². The highest BCUT2D eigenvalue weighted by Crippen LogP contribution is 2.33. The SMILES string of the molecule is COc1cccc(N2C[C@H](C(=O)Oc3ccc(C(C)(C)c4ccccc4)cc3)CC2=O)c1. The molecule has 0 aliphatic carbocycles. The third kappa shape index (κ3) is 4.37. The largest absolute Gasteiger partial charge is 0.497 e. The van der Waals surface area contributed by atoms with Crippen molar-refractivity contribution in [2.24, 2.45) is 5.92 Å². The number of amides is 1. The molecular formula is C27H27NO4. The second-order valence-corrected chi connectivity index (χ2v) is 8.54. The van der Waals surface area contributed by atoms with E-state index in [1.807, 2.05) is 60.7 Å². The maximum atomic E-state index is 12.7. The van der Waals surface area contributed by atoms with Crippen LogP contribution in [0.3, 0.4) is 0 Å². The third-order valence-corrected chi connectivity index (χ3v) is 6.11. The Morgan fingerprint density at radius 2 is 1.59 bits per heavy atom. The van der Waals surface area contributed by atoms with Crippen LogP contribution in [0, 0.1) is 5.92 Å². The van der Waals surface area contributed by atoms with Crippen molar-refractivity contribution >= 4 is 17.6 Å². The molecule has 1 aliphatic rings. The van der Waals surface area contributed by atoms with Gasteiger partial charge in [-0.1, -0.05) is 62.4 Å². The zero-order valence-corrected chi connectivity index (χ0v) is 18.6. The van der Waals surface area contributed by atoms with Crippen molar-refractivity contribution in [2.45, 2.75) is 25.7 Å². The molecule has 1 saturated heterocycles. The lowest BCUT2D eigenvalue weighted by atomic mass is 9.78. The number of carbonyl (C=O) groups is 2. The van der Waals surface area contributed by atoms with Crippen LogP contribution in [0.15, 0.2) is 78.9 Å². The molecule has 32 heavy (non-hydrogen) atoms. The molecule has 164 valence electrons. The predicted octanol–water partition coefficient (Wildman–Crippen LogP) is 4.98. The number of nitrogens with zero attached hydrogens (tertiary/aromatic N) is 1. The van der Waals surface area contributed by atoms with E-state index in [1.54, 1.807) is 18.1 Å². The molecule has 0 saturated carbocycles. The second-order valence-electron chi connectivity index (χ2n) is 8.54. The topological polar surface area (TPSA) is 55.8 Å². The Morgan fingerprint density at radius 3 is 2.28 bits per heavy atom. The zero-order chi connectivity index (χ0) is 22.7. The molecule has 5 nitrogen and oxygen atoms in total. The summed E-state index contributed by atoms with van der Waals surface area (Å²) in [6, 6.07) is 25.2. The van der Waals surface area contributed by atoms with Gasteiger partial charge in [0.1, 0.15) is 11.5 Å². The van der Waals surface area contributed by atoms with Crippen molar-refractivity contribution in [2.75, 3.05) is 18.6 Å². The number of esters is 1. The fourth-order valence-corrected chi connectivity index (χ4v) is 4.05. The molecule has 1 heterocycles. The van der Waals surface area contributed by atoms with Crippen LogP contribution in [0.1, 0.15) is 31.4 Å². The van der Waals surface area contributed by atoms with E-state index in [0.717, 1.165) is 11.3 Å². The Morgan fingerprint density at radius 1 is 0.906 bits per heavy atom. The van der Waals surface area contributed by atoms with Gasteiger partial charge in [0.2, 0.25) is 5.91 Å². The number of carbonyl (C=O) groups excluding carboxylic acids is 2. The first-order valence-corrected chi connectivity index (χ1v) is 10.7. The fourth-order valence-electron chi connectivity index (χ4n) is 4.05. The summed E-state index contributed by atoms with van der Waals surface area (Å²) in [5, 5.41) is 0. The molecule has 3 aromatic rings. The van der Waals surface area contributed by atoms with Crippen molar-refractivity contribution in [3.05, 3.63) is 90.0 Å². The maximum absolute atomic E-state index is 12.7. The van der Waals surface area contributed by atoms with E-state index in [9.17, 15) is 9.59 Å². The summed E-state index contributed by atoms with van der Waals surface area (Å²) >= 11 is 0. The Labute approximate surface area is 188 Å². The van der Waals surface area contributed by atoms with Gasteiger partial charge in [-0.25, -0.2) is 0 Å². The molecule has 5 heteroatoms. The molecule has 1 aliphatic heterocycles. The molecule has 1 fully saturated rings. The molecule has 0 spiro atoms. The van der Waals surface area contributed by atoms with Crippen LogP contribution in [0.5, 0.6) is 11.5 Å². The van der Waals surface area contributed by atoms with Crippen molar-refractivity contribution in [3.8, 4) is 11.5 Å². The fraction of sp³-hybridized carbons (Fsp3) is 0.259. The lowest BCUT2D eigenvalue weighted by molar-refractivity contribution is -0.139. The van der Waals surface area contributed by atoms with E-state index in [-0.39, 0.29) is 23.7 Å². The average molecular weight is 430 g/mol. The van der Waals surface area contributed by atoms with Gasteiger partial charge in [-0.15, -0.1) is 0 Å². The minimum atomic E-state index is -0.505. The van der Waals surface area contributed by atoms with Crippen LogP contribution >= 0.6 is 0 Å². The number of methoxy groups -OCH3 is 1. The van der Waals surface area contributed by atoms with Gasteiger partial charge in [0.15, 0.2) is 0 Å². The van der Waals surface area contributed by atoms with Crippen LogP contribution in [0.2, 0.25) is 0 Å². The Balaban J connectivity index is 1.42. The second kappa shape index (κ2) is 8.87. The first kappa shape index (κ1) is 21.6. The predicted molar refractivity (Wildman–Crippen MR) is 124 cm³/mol. The molecular weight excluding hydrogens is 402 g/mol. The van der Waals surface area contributed by atoms with Crippen LogP contribution in [-0.4, -0.2) is 25.5 Å². The van der Waals surface area contributed by atoms with Gasteiger partial charge >= 0.3 is 5.97 Å². The molecule has 3 aromatic carbocycles. The van der Waals surface area contributed by atoms with Crippen molar-refractivity contribution in [3.63, 3.8) is 0 Å². The average Bonchev–Trinajstić information content (AvgIpc) is 3.22. The van der Waals surface area contributed by atoms with E-state index >= 15 is 0 Å². The number of benzene rings is 3. The standard InChI is InChI=1S/C27H27NO4/c1-27(2,20-8-5-4-6-9-20)21-12-14-23(15-13-21)32-26(30)19-16-25(29)28(18-19)22-10-7-11-24(17-22)31-3/h4-15,17,19H,16,18H2,1-3H3/t19-/m1/s1. The lowest BCUT2D eigenvalue weighted by Gasteiger charge is -2.26. The molecule has 0 radical (unpaired) electrons. The summed E-state index contributed by atoms with van der Waals surface area (Å²) in [5.41, 5.74) is 2.89. The highest BCUT2D eigenvalue weighted by molar-refractivity contribution is 5.99. The molecule has 0 N–H and O–H groups in total. The van der Waals surface area contributed by atoms with E-state index in [1.165, 1.54) is 5.56 Å². The van der Waals surface area contributed by atoms with Gasteiger partial charge < -0.3 is 14.4 Å². The van der Waals surface area contributed by atoms with Gasteiger partial charge in [0, 0.05) is 30.1 Å². The number of anilines is 1. The van der Waals surface area contributed by atoms with Crippen molar-refractivity contribution in [1.29, 1.82) is 0 Å². The maximum Gasteiger partial charge on any atom is 0.316 e. The van der Waals surface area contributed by atoms with Crippen molar-refractivity contribution in [1.82, 2.24) is 0 Å². The van der Waals surface area contributed by atoms with Crippen LogP contribution < -0.4 is 14.4 Å². The minimum absolute atomic E-state index is 0.0971. The van der Waals surface area contributed by atoms with Gasteiger partial charge in [-0.05, 0) is 35.4 Å². The molecule has 1 amide bonds. The first-order valence-electron chi connectivity index (χ1n) is 10.7. The summed E-state index contributed by atoms with van der Waals surface area (Å²) in [6.07, 6.45) is 0.134. The quantitative estimate of drug-likeness (QED) is 0.410. The van der Waals surface area contributed by atoms with Crippen molar-refractivity contribution < 1.29 is 19.1 Å². The van der Waals surface area contributed by atoms with Gasteiger partial charge in [0.05, 0.1) is 13.0 Å². The smallest absolute Gasteiger partial charge is 0.316 e. The van der Waals surface area contributed by atoms with Gasteiger partial charge in [-0.2, -0.15) is 0 Å². The highest BCUT2D eigenvalue weighted by atomic mass is 16.5. The third-order valence-electron chi connectivity index (χ3n) is 6.11. The van der Waals surface area contributed by atoms with E-state index in [0.29, 0.717) is 18.0 Å². The lowest BCUT2D eigenvalue weighted by Crippen LogP contribution is -2.27. The molecule has 0 aromatic heterocycles. The molecule has 4 rings (SSSR count). The van der Waals surface area contributed by atoms with E-state index in [4.69, 9.17) is 9.47 Å². The normalized spacial score (nSPS) is 16.2. The molecule has 1 atom stereocenters. The molecule has 0 bridgehead atoms. The summed E-state index contributed by atoms with van der Waals surface area (Å²) in [7, 11) is 1.58. The monoisotopic (exact) mass is 429 g/mol. The number of hydrogen-bond acceptors (Lipinski definition) is 4. The summed E-state index contributed by atoms with van der Waals surface area (Å²) in [6.45, 7) is 4.63. The van der Waals surface area contributed by atoms with Crippen LogP contribution in [0.25, 0.3) is 0 Å². The Kier molecular flexibility index (Phi) is 5.99. The zero-order valence-electron chi connectivity index (χ0n) is 18.6. The number of hydrogen-bond donors (Lipinski definition) is 0. The summed E-state index contributed by atoms with van der Waals surface area (Å²) in [5.74, 6) is 0.155.